The minimum Gasteiger partial charge on any atom is -0.508 e. The Bertz CT molecular complexity index is 1110. The van der Waals surface area contributed by atoms with E-state index in [0.29, 0.717) is 30.0 Å². The highest BCUT2D eigenvalue weighted by Gasteiger charge is 2.21. The standard InChI is InChI=1S/C30H43FN2O2/c1-17(2)33(18(3)4)23(9)16-35-32-28(30-25(11)24(10)19(5)14-27(30)31)15-22(8)29-20(6)12-26(34)13-21(29)7/h12-15,17-18,23,34H,16H2,1-11H3/b22-15+,32-28-/i14D. The Morgan fingerprint density at radius 1 is 1.00 bits per heavy atom. The fraction of sp³-hybridized carbons (Fsp3) is 0.500. The van der Waals surface area contributed by atoms with E-state index in [1.165, 1.54) is 0 Å². The maximum Gasteiger partial charge on any atom is 0.133 e. The summed E-state index contributed by atoms with van der Waals surface area (Å²) < 4.78 is 23.9. The predicted octanol–water partition coefficient (Wildman–Crippen LogP) is 7.40. The van der Waals surface area contributed by atoms with Crippen LogP contribution in [0.4, 0.5) is 4.39 Å². The van der Waals surface area contributed by atoms with Gasteiger partial charge in [0.05, 0.1) is 1.37 Å². The summed E-state index contributed by atoms with van der Waals surface area (Å²) in [4.78, 5) is 8.21. The summed E-state index contributed by atoms with van der Waals surface area (Å²) in [6.45, 7) is 22.4. The van der Waals surface area contributed by atoms with Gasteiger partial charge in [-0.2, -0.15) is 0 Å². The minimum absolute atomic E-state index is 0.110. The lowest BCUT2D eigenvalue weighted by Crippen LogP contribution is -2.45. The summed E-state index contributed by atoms with van der Waals surface area (Å²) in [6.07, 6.45) is 1.82. The fourth-order valence-electron chi connectivity index (χ4n) is 5.16. The van der Waals surface area contributed by atoms with Crippen LogP contribution in [-0.2, 0) is 4.84 Å². The molecule has 0 saturated carbocycles. The van der Waals surface area contributed by atoms with Gasteiger partial charge in [0.2, 0.25) is 0 Å². The molecule has 1 N–H and O–H groups in total. The topological polar surface area (TPSA) is 45.1 Å². The number of nitrogens with zero attached hydrogens (tertiary/aromatic N) is 2. The number of phenolic OH excluding ortho intramolecular Hbond substituents is 1. The molecule has 0 bridgehead atoms. The van der Waals surface area contributed by atoms with Crippen molar-refractivity contribution in [2.75, 3.05) is 6.61 Å². The summed E-state index contributed by atoms with van der Waals surface area (Å²) >= 11 is 0. The van der Waals surface area contributed by atoms with Crippen LogP contribution in [0.25, 0.3) is 5.57 Å². The summed E-state index contributed by atoms with van der Waals surface area (Å²) in [7, 11) is 0. The molecule has 1 atom stereocenters. The van der Waals surface area contributed by atoms with Gasteiger partial charge in [-0.1, -0.05) is 5.16 Å². The van der Waals surface area contributed by atoms with Crippen molar-refractivity contribution in [2.24, 2.45) is 5.16 Å². The second-order valence-electron chi connectivity index (χ2n) is 10.2. The van der Waals surface area contributed by atoms with Gasteiger partial charge in [-0.3, -0.25) is 4.90 Å². The van der Waals surface area contributed by atoms with Crippen LogP contribution in [0, 0.1) is 40.4 Å². The second kappa shape index (κ2) is 11.9. The highest BCUT2D eigenvalue weighted by Crippen LogP contribution is 2.29. The van der Waals surface area contributed by atoms with Gasteiger partial charge in [-0.15, -0.1) is 0 Å². The third kappa shape index (κ3) is 6.72. The van der Waals surface area contributed by atoms with Crippen LogP contribution in [0.3, 0.4) is 0 Å². The Morgan fingerprint density at radius 3 is 2.06 bits per heavy atom. The highest BCUT2D eigenvalue weighted by atomic mass is 19.1. The summed E-state index contributed by atoms with van der Waals surface area (Å²) in [5, 5.41) is 14.4. The SMILES string of the molecule is [2H]c1c(C)c(C)c(C)c(C(/C=C(\C)c2c(C)cc(O)cc2C)=N\OCC(C)N(C(C)C)C(C)C)c1F. The molecular formula is C30H43FN2O2. The van der Waals surface area contributed by atoms with Gasteiger partial charge in [0.25, 0.3) is 0 Å². The molecule has 35 heavy (non-hydrogen) atoms. The molecule has 0 aliphatic rings. The number of aromatic hydroxyl groups is 1. The van der Waals surface area contributed by atoms with Crippen LogP contribution < -0.4 is 0 Å². The number of halogens is 1. The van der Waals surface area contributed by atoms with E-state index in [4.69, 9.17) is 6.21 Å². The molecule has 0 saturated heterocycles. The summed E-state index contributed by atoms with van der Waals surface area (Å²) in [5.74, 6) is -0.386. The smallest absolute Gasteiger partial charge is 0.133 e. The van der Waals surface area contributed by atoms with E-state index in [-0.39, 0.29) is 23.4 Å². The van der Waals surface area contributed by atoms with Gasteiger partial charge in [-0.05, 0) is 139 Å². The van der Waals surface area contributed by atoms with Crippen LogP contribution >= 0.6 is 0 Å². The highest BCUT2D eigenvalue weighted by molar-refractivity contribution is 6.13. The van der Waals surface area contributed by atoms with Gasteiger partial charge in [0, 0.05) is 23.7 Å². The van der Waals surface area contributed by atoms with E-state index in [2.05, 4.69) is 44.7 Å². The molecule has 4 nitrogen and oxygen atoms in total. The van der Waals surface area contributed by atoms with Gasteiger partial charge in [0.15, 0.2) is 0 Å². The lowest BCUT2D eigenvalue weighted by molar-refractivity contribution is 0.0386. The quantitative estimate of drug-likeness (QED) is 0.298. The minimum atomic E-state index is -0.597. The molecule has 0 aromatic heterocycles. The zero-order valence-electron chi connectivity index (χ0n) is 24.3. The Labute approximate surface area is 212 Å². The van der Waals surface area contributed by atoms with Crippen LogP contribution in [0.15, 0.2) is 29.4 Å². The Balaban J connectivity index is 2.63. The van der Waals surface area contributed by atoms with Crippen molar-refractivity contribution < 1.29 is 15.7 Å². The number of rotatable bonds is 9. The van der Waals surface area contributed by atoms with Crippen molar-refractivity contribution in [1.29, 1.82) is 0 Å². The number of aryl methyl sites for hydroxylation is 2. The zero-order valence-corrected chi connectivity index (χ0v) is 23.3. The average molecular weight is 484 g/mol. The molecule has 0 spiro atoms. The van der Waals surface area contributed by atoms with Crippen LogP contribution in [0.2, 0.25) is 0 Å². The number of hydrogen-bond acceptors (Lipinski definition) is 4. The molecule has 0 amide bonds. The van der Waals surface area contributed by atoms with E-state index in [9.17, 15) is 5.11 Å². The molecule has 0 aliphatic carbocycles. The molecule has 192 valence electrons. The Morgan fingerprint density at radius 2 is 1.54 bits per heavy atom. The first-order chi connectivity index (χ1) is 16.7. The number of allylic oxidation sites excluding steroid dienone is 2. The van der Waals surface area contributed by atoms with E-state index < -0.39 is 5.82 Å². The first kappa shape index (κ1) is 26.9. The van der Waals surface area contributed by atoms with Gasteiger partial charge in [-0.25, -0.2) is 4.39 Å². The molecule has 2 aromatic rings. The van der Waals surface area contributed by atoms with E-state index in [1.54, 1.807) is 19.1 Å². The van der Waals surface area contributed by atoms with Gasteiger partial charge in [0.1, 0.15) is 23.9 Å². The first-order valence-corrected chi connectivity index (χ1v) is 12.4. The van der Waals surface area contributed by atoms with Crippen molar-refractivity contribution in [3.05, 3.63) is 69.0 Å². The monoisotopic (exact) mass is 483 g/mol. The van der Waals surface area contributed by atoms with Crippen molar-refractivity contribution in [3.63, 3.8) is 0 Å². The Hall–Kier alpha value is -2.66. The normalized spacial score (nSPS) is 14.2. The van der Waals surface area contributed by atoms with Crippen LogP contribution in [0.5, 0.6) is 5.75 Å². The molecule has 5 heteroatoms. The molecule has 0 aliphatic heterocycles. The number of hydrogen-bond donors (Lipinski definition) is 1. The van der Waals surface area contributed by atoms with Crippen LogP contribution in [0.1, 0.15) is 81.9 Å². The summed E-state index contributed by atoms with van der Waals surface area (Å²) in [5.41, 5.74) is 6.53. The molecule has 0 fully saturated rings. The third-order valence-electron chi connectivity index (χ3n) is 6.72. The lowest BCUT2D eigenvalue weighted by atomic mass is 9.91. The molecule has 0 heterocycles. The largest absolute Gasteiger partial charge is 0.508 e. The van der Waals surface area contributed by atoms with Crippen molar-refractivity contribution in [1.82, 2.24) is 4.90 Å². The number of oxime groups is 1. The van der Waals surface area contributed by atoms with E-state index in [0.717, 1.165) is 33.4 Å². The fourth-order valence-corrected chi connectivity index (χ4v) is 5.16. The maximum atomic E-state index is 15.5. The lowest BCUT2D eigenvalue weighted by Gasteiger charge is -2.35. The first-order valence-electron chi connectivity index (χ1n) is 12.9. The number of phenols is 1. The Kier molecular flexibility index (Phi) is 9.12. The van der Waals surface area contributed by atoms with Crippen molar-refractivity contribution in [2.45, 2.75) is 94.3 Å². The number of benzene rings is 2. The summed E-state index contributed by atoms with van der Waals surface area (Å²) in [6, 6.07) is 4.11. The maximum absolute atomic E-state index is 15.5. The van der Waals surface area contributed by atoms with Gasteiger partial charge < -0.3 is 9.94 Å². The molecule has 1 unspecified atom stereocenters. The van der Waals surface area contributed by atoms with Crippen LogP contribution in [-0.4, -0.2) is 40.5 Å². The molecular weight excluding hydrogens is 439 g/mol. The molecule has 0 radical (unpaired) electrons. The van der Waals surface area contributed by atoms with E-state index in [1.807, 2.05) is 40.7 Å². The molecule has 2 aromatic carbocycles. The average Bonchev–Trinajstić information content (AvgIpc) is 2.75. The predicted molar refractivity (Wildman–Crippen MR) is 146 cm³/mol. The van der Waals surface area contributed by atoms with Gasteiger partial charge >= 0.3 is 0 Å². The molecule has 2 rings (SSSR count). The van der Waals surface area contributed by atoms with Crippen molar-refractivity contribution in [3.8, 4) is 5.75 Å². The van der Waals surface area contributed by atoms with Crippen molar-refractivity contribution >= 4 is 11.3 Å². The van der Waals surface area contributed by atoms with E-state index >= 15 is 4.39 Å². The second-order valence-corrected chi connectivity index (χ2v) is 10.2. The third-order valence-corrected chi connectivity index (χ3v) is 6.72. The zero-order chi connectivity index (χ0) is 27.5.